The summed E-state index contributed by atoms with van der Waals surface area (Å²) in [6, 6.07) is -0.548. The van der Waals surface area contributed by atoms with Crippen molar-refractivity contribution in [3.05, 3.63) is 24.3 Å². The highest BCUT2D eigenvalue weighted by Crippen LogP contribution is 2.16. The van der Waals surface area contributed by atoms with Gasteiger partial charge in [0, 0.05) is 12.8 Å². The molecule has 6 heteroatoms. The van der Waals surface area contributed by atoms with Crippen LogP contribution in [0.1, 0.15) is 264 Å². The molecule has 0 aliphatic carbocycles. The normalized spacial score (nSPS) is 12.8. The van der Waals surface area contributed by atoms with Gasteiger partial charge in [-0.3, -0.25) is 9.59 Å². The van der Waals surface area contributed by atoms with Gasteiger partial charge in [0.25, 0.3) is 0 Å². The van der Waals surface area contributed by atoms with E-state index >= 15 is 0 Å². The van der Waals surface area contributed by atoms with Crippen LogP contribution < -0.4 is 5.32 Å². The molecule has 1 amide bonds. The number of unbranched alkanes of at least 4 members (excludes halogenated alkanes) is 31. The molecular formula is C51H97NO5. The molecular weight excluding hydrogens is 707 g/mol. The summed E-state index contributed by atoms with van der Waals surface area (Å²) in [4.78, 5) is 24.4. The van der Waals surface area contributed by atoms with Crippen molar-refractivity contribution < 1.29 is 24.5 Å². The van der Waals surface area contributed by atoms with Crippen LogP contribution in [0.2, 0.25) is 0 Å². The Bertz CT molecular complexity index is 889. The second-order valence-corrected chi connectivity index (χ2v) is 17.1. The average molecular weight is 804 g/mol. The van der Waals surface area contributed by atoms with E-state index in [0.717, 1.165) is 57.8 Å². The van der Waals surface area contributed by atoms with Crippen molar-refractivity contribution in [3.63, 3.8) is 0 Å². The summed E-state index contributed by atoms with van der Waals surface area (Å²) in [5, 5.41) is 23.1. The summed E-state index contributed by atoms with van der Waals surface area (Å²) in [5.41, 5.74) is 0. The zero-order chi connectivity index (χ0) is 41.5. The first-order valence-electron chi connectivity index (χ1n) is 25.1. The van der Waals surface area contributed by atoms with Crippen LogP contribution >= 0.6 is 0 Å². The van der Waals surface area contributed by atoms with Crippen molar-refractivity contribution >= 4 is 11.9 Å². The SMILES string of the molecule is CCCCCC/C=C\C/C=C\CCCCCCCC(=O)OCCCCCCCCCCCCCCCCC(=O)NC(CO)C(O)CCCCCCCCCCCC. The van der Waals surface area contributed by atoms with Crippen molar-refractivity contribution in [2.75, 3.05) is 13.2 Å². The maximum Gasteiger partial charge on any atom is 0.305 e. The van der Waals surface area contributed by atoms with Crippen LogP contribution in [-0.2, 0) is 14.3 Å². The summed E-state index contributed by atoms with van der Waals surface area (Å²) in [6.45, 7) is 4.89. The van der Waals surface area contributed by atoms with Crippen molar-refractivity contribution in [3.8, 4) is 0 Å². The standard InChI is InChI=1S/C51H97NO5/c1-3-5-7-9-11-13-15-16-17-18-22-25-29-33-37-41-45-51(56)57-46-42-38-34-30-26-23-20-19-21-24-28-32-36-40-44-50(55)52-48(47-53)49(54)43-39-35-31-27-14-12-10-8-6-4-2/h13,15,17-18,48-49,53-54H,3-12,14,16,19-47H2,1-2H3,(H,52,55)/b15-13-,18-17-. The molecule has 0 aromatic carbocycles. The molecule has 0 saturated heterocycles. The smallest absolute Gasteiger partial charge is 0.305 e. The van der Waals surface area contributed by atoms with Crippen LogP contribution in [-0.4, -0.2) is 47.4 Å². The summed E-state index contributed by atoms with van der Waals surface area (Å²) in [7, 11) is 0. The van der Waals surface area contributed by atoms with E-state index in [1.807, 2.05) is 0 Å². The van der Waals surface area contributed by atoms with E-state index in [1.54, 1.807) is 0 Å². The third-order valence-corrected chi connectivity index (χ3v) is 11.5. The molecule has 0 saturated carbocycles. The average Bonchev–Trinajstić information content (AvgIpc) is 3.21. The Hall–Kier alpha value is -1.66. The number of carbonyl (C=O) groups excluding carboxylic acids is 2. The predicted octanol–water partition coefficient (Wildman–Crippen LogP) is 14.7. The molecule has 57 heavy (non-hydrogen) atoms. The maximum atomic E-state index is 12.4. The fourth-order valence-electron chi connectivity index (χ4n) is 7.61. The molecule has 0 aliphatic heterocycles. The number of amides is 1. The number of esters is 1. The Morgan fingerprint density at radius 2 is 0.877 bits per heavy atom. The lowest BCUT2D eigenvalue weighted by molar-refractivity contribution is -0.143. The number of rotatable bonds is 46. The van der Waals surface area contributed by atoms with Gasteiger partial charge in [-0.2, -0.15) is 0 Å². The fraction of sp³-hybridized carbons (Fsp3) is 0.882. The van der Waals surface area contributed by atoms with E-state index < -0.39 is 12.1 Å². The number of allylic oxidation sites excluding steroid dienone is 4. The Kier molecular flexibility index (Phi) is 45.7. The first kappa shape index (κ1) is 55.3. The minimum atomic E-state index is -0.669. The summed E-state index contributed by atoms with van der Waals surface area (Å²) in [5.74, 6) is -0.0643. The van der Waals surface area contributed by atoms with Crippen LogP contribution in [0.4, 0.5) is 0 Å². The minimum absolute atomic E-state index is 0.0161. The van der Waals surface area contributed by atoms with Gasteiger partial charge < -0.3 is 20.3 Å². The van der Waals surface area contributed by atoms with Crippen LogP contribution in [0.25, 0.3) is 0 Å². The van der Waals surface area contributed by atoms with Crippen LogP contribution in [0, 0.1) is 0 Å². The zero-order valence-corrected chi connectivity index (χ0v) is 38.1. The van der Waals surface area contributed by atoms with Gasteiger partial charge in [-0.15, -0.1) is 0 Å². The van der Waals surface area contributed by atoms with E-state index in [9.17, 15) is 19.8 Å². The second kappa shape index (κ2) is 47.0. The van der Waals surface area contributed by atoms with Gasteiger partial charge in [-0.1, -0.05) is 218 Å². The number of carbonyl (C=O) groups is 2. The molecule has 6 nitrogen and oxygen atoms in total. The monoisotopic (exact) mass is 804 g/mol. The van der Waals surface area contributed by atoms with Crippen molar-refractivity contribution in [2.45, 2.75) is 276 Å². The Balaban J connectivity index is 3.43. The van der Waals surface area contributed by atoms with Crippen molar-refractivity contribution in [2.24, 2.45) is 0 Å². The minimum Gasteiger partial charge on any atom is -0.466 e. The lowest BCUT2D eigenvalue weighted by Crippen LogP contribution is -2.45. The summed E-state index contributed by atoms with van der Waals surface area (Å²) >= 11 is 0. The van der Waals surface area contributed by atoms with E-state index in [4.69, 9.17) is 4.74 Å². The Morgan fingerprint density at radius 3 is 1.35 bits per heavy atom. The highest BCUT2D eigenvalue weighted by Gasteiger charge is 2.20. The van der Waals surface area contributed by atoms with E-state index in [1.165, 1.54) is 173 Å². The predicted molar refractivity (Wildman–Crippen MR) is 246 cm³/mol. The highest BCUT2D eigenvalue weighted by molar-refractivity contribution is 5.76. The number of hydrogen-bond donors (Lipinski definition) is 3. The zero-order valence-electron chi connectivity index (χ0n) is 38.1. The van der Waals surface area contributed by atoms with Crippen LogP contribution in [0.5, 0.6) is 0 Å². The molecule has 0 aromatic heterocycles. The molecule has 0 aromatic rings. The molecule has 0 aliphatic rings. The number of aliphatic hydroxyl groups excluding tert-OH is 2. The lowest BCUT2D eigenvalue weighted by atomic mass is 10.0. The third-order valence-electron chi connectivity index (χ3n) is 11.5. The van der Waals surface area contributed by atoms with Gasteiger partial charge in [0.05, 0.1) is 25.4 Å². The molecule has 2 unspecified atom stereocenters. The fourth-order valence-corrected chi connectivity index (χ4v) is 7.61. The van der Waals surface area contributed by atoms with E-state index in [0.29, 0.717) is 25.9 Å². The molecule has 336 valence electrons. The molecule has 0 rings (SSSR count). The lowest BCUT2D eigenvalue weighted by Gasteiger charge is -2.22. The first-order valence-corrected chi connectivity index (χ1v) is 25.1. The van der Waals surface area contributed by atoms with E-state index in [2.05, 4.69) is 43.5 Å². The third kappa shape index (κ3) is 43.7. The van der Waals surface area contributed by atoms with Crippen molar-refractivity contribution in [1.82, 2.24) is 5.32 Å². The largest absolute Gasteiger partial charge is 0.466 e. The van der Waals surface area contributed by atoms with Gasteiger partial charge >= 0.3 is 5.97 Å². The van der Waals surface area contributed by atoms with Gasteiger partial charge in [0.2, 0.25) is 5.91 Å². The molecule has 0 bridgehead atoms. The van der Waals surface area contributed by atoms with Gasteiger partial charge in [-0.05, 0) is 57.8 Å². The van der Waals surface area contributed by atoms with Crippen LogP contribution in [0.3, 0.4) is 0 Å². The molecule has 0 fully saturated rings. The van der Waals surface area contributed by atoms with E-state index in [-0.39, 0.29) is 18.5 Å². The first-order chi connectivity index (χ1) is 28.0. The number of ether oxygens (including phenoxy) is 1. The molecule has 3 N–H and O–H groups in total. The molecule has 2 atom stereocenters. The summed E-state index contributed by atoms with van der Waals surface area (Å²) < 4.78 is 5.46. The maximum absolute atomic E-state index is 12.4. The quantitative estimate of drug-likeness (QED) is 0.0324. The van der Waals surface area contributed by atoms with Gasteiger partial charge in [-0.25, -0.2) is 0 Å². The molecule has 0 spiro atoms. The van der Waals surface area contributed by atoms with Gasteiger partial charge in [0.15, 0.2) is 0 Å². The Labute approximate surface area is 354 Å². The van der Waals surface area contributed by atoms with Crippen LogP contribution in [0.15, 0.2) is 24.3 Å². The summed E-state index contributed by atoms with van der Waals surface area (Å²) in [6.07, 6.45) is 54.3. The number of aliphatic hydroxyl groups is 2. The van der Waals surface area contributed by atoms with Gasteiger partial charge in [0.1, 0.15) is 0 Å². The highest BCUT2D eigenvalue weighted by atomic mass is 16.5. The molecule has 0 radical (unpaired) electrons. The Morgan fingerprint density at radius 1 is 0.491 bits per heavy atom. The second-order valence-electron chi connectivity index (χ2n) is 17.1. The number of hydrogen-bond acceptors (Lipinski definition) is 5. The van der Waals surface area contributed by atoms with Crippen molar-refractivity contribution in [1.29, 1.82) is 0 Å². The number of nitrogens with one attached hydrogen (secondary N) is 1. The topological polar surface area (TPSA) is 95.9 Å². The molecule has 0 heterocycles.